The minimum Gasteiger partial charge on any atom is -0.493 e. The average molecular weight is 345 g/mol. The van der Waals surface area contributed by atoms with Gasteiger partial charge in [0.15, 0.2) is 17.1 Å². The predicted octanol–water partition coefficient (Wildman–Crippen LogP) is 2.85. The molecule has 0 spiro atoms. The highest BCUT2D eigenvalue weighted by molar-refractivity contribution is 5.97. The summed E-state index contributed by atoms with van der Waals surface area (Å²) in [5, 5.41) is 0.867. The van der Waals surface area contributed by atoms with Crippen molar-refractivity contribution >= 4 is 16.9 Å². The topological polar surface area (TPSA) is 61.1 Å². The number of morpholine rings is 1. The van der Waals surface area contributed by atoms with Gasteiger partial charge in [0.2, 0.25) is 0 Å². The summed E-state index contributed by atoms with van der Waals surface area (Å²) in [4.78, 5) is 15.0. The van der Waals surface area contributed by atoms with Crippen LogP contribution in [0.1, 0.15) is 30.3 Å². The lowest BCUT2D eigenvalue weighted by molar-refractivity contribution is -0.103. The number of nitrogens with zero attached hydrogens (tertiary/aromatic N) is 1. The summed E-state index contributed by atoms with van der Waals surface area (Å²) in [6.07, 6.45) is 1.84. The molecule has 1 aromatic heterocycles. The second-order valence-corrected chi connectivity index (χ2v) is 6.46. The van der Waals surface area contributed by atoms with Gasteiger partial charge in [-0.1, -0.05) is 12.1 Å². The standard InChI is InChI=1S/C19H23NO5/c1-3-23-15-8-7-13-18(15)24-10-9-20(13)19(21)16-11-12-5-4-6-14(22-2)17(12)25-16/h4-6,11,13,15,18H,3,7-10H2,1-2H3/t13-,15+,18-/m1/s1. The van der Waals surface area contributed by atoms with Crippen LogP contribution in [0.3, 0.4) is 0 Å². The van der Waals surface area contributed by atoms with Gasteiger partial charge in [0.1, 0.15) is 6.10 Å². The van der Waals surface area contributed by atoms with Crippen molar-refractivity contribution in [2.75, 3.05) is 26.9 Å². The lowest BCUT2D eigenvalue weighted by Gasteiger charge is -2.38. The van der Waals surface area contributed by atoms with Crippen LogP contribution in [0.15, 0.2) is 28.7 Å². The molecule has 2 aliphatic rings. The monoisotopic (exact) mass is 345 g/mol. The molecule has 0 bridgehead atoms. The van der Waals surface area contributed by atoms with E-state index in [1.165, 1.54) is 0 Å². The van der Waals surface area contributed by atoms with E-state index in [4.69, 9.17) is 18.6 Å². The SMILES string of the molecule is CCO[C@H]1CC[C@@H]2[C@H]1OCCN2C(=O)c1cc2cccc(OC)c2o1. The van der Waals surface area contributed by atoms with Gasteiger partial charge in [-0.3, -0.25) is 4.79 Å². The summed E-state index contributed by atoms with van der Waals surface area (Å²) < 4.78 is 22.9. The molecule has 25 heavy (non-hydrogen) atoms. The highest BCUT2D eigenvalue weighted by atomic mass is 16.5. The molecule has 1 amide bonds. The fourth-order valence-corrected chi connectivity index (χ4v) is 4.00. The van der Waals surface area contributed by atoms with E-state index in [1.54, 1.807) is 13.2 Å². The van der Waals surface area contributed by atoms with E-state index in [0.717, 1.165) is 18.2 Å². The van der Waals surface area contributed by atoms with Gasteiger partial charge in [-0.25, -0.2) is 0 Å². The first-order valence-electron chi connectivity index (χ1n) is 8.83. The summed E-state index contributed by atoms with van der Waals surface area (Å²) in [7, 11) is 1.59. The molecular weight excluding hydrogens is 322 g/mol. The van der Waals surface area contributed by atoms with Gasteiger partial charge in [-0.15, -0.1) is 0 Å². The van der Waals surface area contributed by atoms with E-state index in [1.807, 2.05) is 30.0 Å². The molecule has 6 heteroatoms. The van der Waals surface area contributed by atoms with Crippen LogP contribution in [-0.2, 0) is 9.47 Å². The van der Waals surface area contributed by atoms with Gasteiger partial charge >= 0.3 is 0 Å². The number of furan rings is 1. The first kappa shape index (κ1) is 16.4. The quantitative estimate of drug-likeness (QED) is 0.853. The number of amides is 1. The molecule has 1 aromatic carbocycles. The van der Waals surface area contributed by atoms with E-state index in [-0.39, 0.29) is 24.2 Å². The van der Waals surface area contributed by atoms with Crippen molar-refractivity contribution in [1.29, 1.82) is 0 Å². The number of ether oxygens (including phenoxy) is 3. The largest absolute Gasteiger partial charge is 0.493 e. The van der Waals surface area contributed by atoms with Gasteiger partial charge in [0.05, 0.1) is 25.9 Å². The van der Waals surface area contributed by atoms with E-state index in [2.05, 4.69) is 0 Å². The van der Waals surface area contributed by atoms with Crippen LogP contribution in [0.5, 0.6) is 5.75 Å². The van der Waals surface area contributed by atoms with Crippen LogP contribution in [0, 0.1) is 0 Å². The Hall–Kier alpha value is -2.05. The number of hydrogen-bond acceptors (Lipinski definition) is 5. The van der Waals surface area contributed by atoms with Crippen LogP contribution < -0.4 is 4.74 Å². The molecular formula is C19H23NO5. The van der Waals surface area contributed by atoms with Crippen LogP contribution in [0.25, 0.3) is 11.0 Å². The molecule has 6 nitrogen and oxygen atoms in total. The number of carbonyl (C=O) groups is 1. The molecule has 0 radical (unpaired) electrons. The van der Waals surface area contributed by atoms with Crippen molar-refractivity contribution in [3.63, 3.8) is 0 Å². The summed E-state index contributed by atoms with van der Waals surface area (Å²) in [6, 6.07) is 7.47. The molecule has 2 aromatic rings. The maximum atomic E-state index is 13.1. The molecule has 1 saturated heterocycles. The van der Waals surface area contributed by atoms with Crippen molar-refractivity contribution < 1.29 is 23.4 Å². The maximum Gasteiger partial charge on any atom is 0.290 e. The molecule has 4 rings (SSSR count). The Kier molecular flexibility index (Phi) is 4.39. The van der Waals surface area contributed by atoms with Crippen LogP contribution in [0.2, 0.25) is 0 Å². The molecule has 0 unspecified atom stereocenters. The summed E-state index contributed by atoms with van der Waals surface area (Å²) in [5.41, 5.74) is 0.608. The van der Waals surface area contributed by atoms with Gasteiger partial charge in [0.25, 0.3) is 5.91 Å². The Morgan fingerprint density at radius 3 is 3.04 bits per heavy atom. The fourth-order valence-electron chi connectivity index (χ4n) is 4.00. The molecule has 1 aliphatic carbocycles. The van der Waals surface area contributed by atoms with Crippen molar-refractivity contribution in [2.45, 2.75) is 38.0 Å². The Labute approximate surface area is 146 Å². The van der Waals surface area contributed by atoms with Crippen molar-refractivity contribution in [1.82, 2.24) is 4.90 Å². The smallest absolute Gasteiger partial charge is 0.290 e. The van der Waals surface area contributed by atoms with Crippen molar-refractivity contribution in [2.24, 2.45) is 0 Å². The number of carbonyl (C=O) groups excluding carboxylic acids is 1. The Morgan fingerprint density at radius 1 is 1.36 bits per heavy atom. The third kappa shape index (κ3) is 2.79. The molecule has 3 atom stereocenters. The van der Waals surface area contributed by atoms with Crippen LogP contribution in [0.4, 0.5) is 0 Å². The van der Waals surface area contributed by atoms with Gasteiger partial charge in [0, 0.05) is 18.5 Å². The van der Waals surface area contributed by atoms with Crippen LogP contribution in [-0.4, -0.2) is 55.9 Å². The Morgan fingerprint density at radius 2 is 2.24 bits per heavy atom. The summed E-state index contributed by atoms with van der Waals surface area (Å²) >= 11 is 0. The highest BCUT2D eigenvalue weighted by Gasteiger charge is 2.45. The zero-order valence-electron chi connectivity index (χ0n) is 14.6. The van der Waals surface area contributed by atoms with E-state index < -0.39 is 0 Å². The molecule has 1 aliphatic heterocycles. The average Bonchev–Trinajstić information content (AvgIpc) is 3.25. The fraction of sp³-hybridized carbons (Fsp3) is 0.526. The number of hydrogen-bond donors (Lipinski definition) is 0. The summed E-state index contributed by atoms with van der Waals surface area (Å²) in [6.45, 7) is 3.75. The second kappa shape index (κ2) is 6.69. The second-order valence-electron chi connectivity index (χ2n) is 6.46. The third-order valence-electron chi connectivity index (χ3n) is 5.12. The first-order chi connectivity index (χ1) is 12.2. The van der Waals surface area contributed by atoms with Crippen molar-refractivity contribution in [3.8, 4) is 5.75 Å². The molecule has 0 N–H and O–H groups in total. The zero-order valence-corrected chi connectivity index (χ0v) is 14.6. The number of fused-ring (bicyclic) bond motifs is 2. The first-order valence-corrected chi connectivity index (χ1v) is 8.83. The Balaban J connectivity index is 1.60. The van der Waals surface area contributed by atoms with E-state index in [9.17, 15) is 4.79 Å². The van der Waals surface area contributed by atoms with Gasteiger partial charge in [-0.2, -0.15) is 0 Å². The third-order valence-corrected chi connectivity index (χ3v) is 5.12. The zero-order chi connectivity index (χ0) is 17.4. The van der Waals surface area contributed by atoms with Gasteiger partial charge in [-0.05, 0) is 31.9 Å². The Bertz CT molecular complexity index is 770. The maximum absolute atomic E-state index is 13.1. The van der Waals surface area contributed by atoms with Gasteiger partial charge < -0.3 is 23.5 Å². The highest BCUT2D eigenvalue weighted by Crippen LogP contribution is 2.34. The number of benzene rings is 1. The molecule has 134 valence electrons. The minimum atomic E-state index is -0.0892. The molecule has 2 heterocycles. The van der Waals surface area contributed by atoms with E-state index in [0.29, 0.717) is 36.9 Å². The number of para-hydroxylation sites is 1. The lowest BCUT2D eigenvalue weighted by atomic mass is 10.1. The predicted molar refractivity (Wildman–Crippen MR) is 92.0 cm³/mol. The molecule has 2 fully saturated rings. The van der Waals surface area contributed by atoms with Crippen molar-refractivity contribution in [3.05, 3.63) is 30.0 Å². The normalized spacial score (nSPS) is 26.0. The lowest BCUT2D eigenvalue weighted by Crippen LogP contribution is -2.53. The molecule has 1 saturated carbocycles. The minimum absolute atomic E-state index is 0.0448. The number of methoxy groups -OCH3 is 1. The van der Waals surface area contributed by atoms with E-state index >= 15 is 0 Å². The number of rotatable bonds is 4. The summed E-state index contributed by atoms with van der Waals surface area (Å²) in [5.74, 6) is 0.891. The van der Waals surface area contributed by atoms with Crippen LogP contribution >= 0.6 is 0 Å².